The van der Waals surface area contributed by atoms with Crippen LogP contribution in [0.1, 0.15) is 12.0 Å². The van der Waals surface area contributed by atoms with Crippen LogP contribution in [0.15, 0.2) is 12.1 Å². The lowest BCUT2D eigenvalue weighted by atomic mass is 10.2. The summed E-state index contributed by atoms with van der Waals surface area (Å²) in [6.45, 7) is 2.12. The Hall–Kier alpha value is -0.390. The Labute approximate surface area is 111 Å². The summed E-state index contributed by atoms with van der Waals surface area (Å²) in [4.78, 5) is 5.90. The van der Waals surface area contributed by atoms with E-state index in [0.717, 1.165) is 5.56 Å². The van der Waals surface area contributed by atoms with Crippen molar-refractivity contribution >= 4 is 23.2 Å². The van der Waals surface area contributed by atoms with Gasteiger partial charge in [-0.1, -0.05) is 23.2 Å². The van der Waals surface area contributed by atoms with Crippen molar-refractivity contribution in [1.82, 2.24) is 9.88 Å². The largest absolute Gasteiger partial charge is 0.396 e. The van der Waals surface area contributed by atoms with Crippen LogP contribution >= 0.6 is 23.2 Å². The zero-order valence-corrected chi connectivity index (χ0v) is 11.0. The molecule has 0 aliphatic heterocycles. The van der Waals surface area contributed by atoms with Crippen molar-refractivity contribution in [2.24, 2.45) is 0 Å². The third kappa shape index (κ3) is 5.66. The second-order valence-electron chi connectivity index (χ2n) is 3.70. The Morgan fingerprint density at radius 2 is 1.71 bits per heavy atom. The Kier molecular flexibility index (Phi) is 6.77. The molecule has 1 aromatic heterocycles. The number of nitrogens with zero attached hydrogens (tertiary/aromatic N) is 2. The summed E-state index contributed by atoms with van der Waals surface area (Å²) in [5.41, 5.74) is 0.946. The Morgan fingerprint density at radius 3 is 2.24 bits per heavy atom. The standard InChI is InChI=1S/C11H16Cl2N2O2/c12-10-6-9(7-11(13)14-10)8-15(3-5-17)2-1-4-16/h6-7,16-17H,1-5,8H2. The summed E-state index contributed by atoms with van der Waals surface area (Å²) in [6.07, 6.45) is 0.673. The van der Waals surface area contributed by atoms with E-state index in [1.54, 1.807) is 12.1 Å². The quantitative estimate of drug-likeness (QED) is 0.744. The lowest BCUT2D eigenvalue weighted by Crippen LogP contribution is -2.28. The number of hydrogen-bond acceptors (Lipinski definition) is 4. The Morgan fingerprint density at radius 1 is 1.06 bits per heavy atom. The van der Waals surface area contributed by atoms with Crippen molar-refractivity contribution in [3.63, 3.8) is 0 Å². The molecule has 1 rings (SSSR count). The van der Waals surface area contributed by atoms with Gasteiger partial charge >= 0.3 is 0 Å². The monoisotopic (exact) mass is 278 g/mol. The molecule has 17 heavy (non-hydrogen) atoms. The van der Waals surface area contributed by atoms with Crippen LogP contribution in [0, 0.1) is 0 Å². The van der Waals surface area contributed by atoms with Gasteiger partial charge in [-0.2, -0.15) is 0 Å². The molecule has 0 fully saturated rings. The van der Waals surface area contributed by atoms with Gasteiger partial charge in [0.2, 0.25) is 0 Å². The first-order chi connectivity index (χ1) is 8.15. The Bertz CT molecular complexity index is 330. The van der Waals surface area contributed by atoms with Crippen LogP contribution in [0.5, 0.6) is 0 Å². The fraction of sp³-hybridized carbons (Fsp3) is 0.545. The molecule has 0 radical (unpaired) electrons. The van der Waals surface area contributed by atoms with Gasteiger partial charge in [0.1, 0.15) is 10.3 Å². The fourth-order valence-corrected chi connectivity index (χ4v) is 2.08. The highest BCUT2D eigenvalue weighted by atomic mass is 35.5. The van der Waals surface area contributed by atoms with Crippen LogP contribution in [0.3, 0.4) is 0 Å². The third-order valence-electron chi connectivity index (χ3n) is 2.28. The SMILES string of the molecule is OCCCN(CCO)Cc1cc(Cl)nc(Cl)c1. The molecule has 0 bridgehead atoms. The predicted octanol–water partition coefficient (Wildman–Crippen LogP) is 1.57. The van der Waals surface area contributed by atoms with E-state index in [0.29, 0.717) is 36.4 Å². The molecule has 0 aliphatic carbocycles. The molecule has 6 heteroatoms. The maximum atomic E-state index is 8.95. The molecule has 0 amide bonds. The molecule has 0 spiro atoms. The van der Waals surface area contributed by atoms with Gasteiger partial charge in [0.15, 0.2) is 0 Å². The number of rotatable bonds is 7. The molecule has 0 aliphatic rings. The van der Waals surface area contributed by atoms with Gasteiger partial charge in [0.05, 0.1) is 6.61 Å². The van der Waals surface area contributed by atoms with Gasteiger partial charge in [-0.05, 0) is 24.1 Å². The second-order valence-corrected chi connectivity index (χ2v) is 4.47. The smallest absolute Gasteiger partial charge is 0.131 e. The summed E-state index contributed by atoms with van der Waals surface area (Å²) in [6, 6.07) is 3.49. The molecule has 1 heterocycles. The van der Waals surface area contributed by atoms with Crippen LogP contribution in [-0.2, 0) is 6.54 Å². The van der Waals surface area contributed by atoms with Crippen molar-refractivity contribution in [2.75, 3.05) is 26.3 Å². The first-order valence-electron chi connectivity index (χ1n) is 5.41. The molecule has 0 atom stereocenters. The predicted molar refractivity (Wildman–Crippen MR) is 68.3 cm³/mol. The number of halogens is 2. The van der Waals surface area contributed by atoms with Gasteiger partial charge in [-0.25, -0.2) is 4.98 Å². The maximum absolute atomic E-state index is 8.95. The van der Waals surface area contributed by atoms with Gasteiger partial charge in [-0.3, -0.25) is 4.90 Å². The minimum atomic E-state index is 0.0813. The average molecular weight is 279 g/mol. The summed E-state index contributed by atoms with van der Waals surface area (Å²) in [5, 5.41) is 18.5. The topological polar surface area (TPSA) is 56.6 Å². The van der Waals surface area contributed by atoms with Crippen LogP contribution in [0.4, 0.5) is 0 Å². The minimum absolute atomic E-state index is 0.0813. The van der Waals surface area contributed by atoms with E-state index in [9.17, 15) is 0 Å². The summed E-state index contributed by atoms with van der Waals surface area (Å²) >= 11 is 11.6. The van der Waals surface area contributed by atoms with E-state index >= 15 is 0 Å². The highest BCUT2D eigenvalue weighted by Gasteiger charge is 2.07. The number of pyridine rings is 1. The number of aromatic nitrogens is 1. The fourth-order valence-electron chi connectivity index (χ4n) is 1.57. The zero-order valence-electron chi connectivity index (χ0n) is 9.44. The van der Waals surface area contributed by atoms with E-state index in [4.69, 9.17) is 33.4 Å². The number of aliphatic hydroxyl groups excluding tert-OH is 2. The van der Waals surface area contributed by atoms with Crippen LogP contribution in [0.25, 0.3) is 0 Å². The molecular formula is C11H16Cl2N2O2. The molecule has 1 aromatic rings. The maximum Gasteiger partial charge on any atom is 0.131 e. The first-order valence-corrected chi connectivity index (χ1v) is 6.17. The number of aliphatic hydroxyl groups is 2. The first kappa shape index (κ1) is 14.7. The lowest BCUT2D eigenvalue weighted by molar-refractivity contribution is 0.174. The van der Waals surface area contributed by atoms with Crippen molar-refractivity contribution in [1.29, 1.82) is 0 Å². The van der Waals surface area contributed by atoms with Gasteiger partial charge in [-0.15, -0.1) is 0 Å². The average Bonchev–Trinajstić information content (AvgIpc) is 2.24. The van der Waals surface area contributed by atoms with Crippen LogP contribution in [0.2, 0.25) is 10.3 Å². The summed E-state index contributed by atoms with van der Waals surface area (Å²) in [5.74, 6) is 0. The normalized spacial score (nSPS) is 11.1. The van der Waals surface area contributed by atoms with Gasteiger partial charge in [0.25, 0.3) is 0 Å². The minimum Gasteiger partial charge on any atom is -0.396 e. The molecule has 0 saturated carbocycles. The lowest BCUT2D eigenvalue weighted by Gasteiger charge is -2.21. The molecular weight excluding hydrogens is 263 g/mol. The van der Waals surface area contributed by atoms with Gasteiger partial charge < -0.3 is 10.2 Å². The molecule has 0 saturated heterocycles. The second kappa shape index (κ2) is 7.84. The molecule has 4 nitrogen and oxygen atoms in total. The van der Waals surface area contributed by atoms with Crippen molar-refractivity contribution in [2.45, 2.75) is 13.0 Å². The van der Waals surface area contributed by atoms with E-state index in [1.807, 2.05) is 4.90 Å². The summed E-state index contributed by atoms with van der Waals surface area (Å²) < 4.78 is 0. The van der Waals surface area contributed by atoms with Crippen molar-refractivity contribution in [3.8, 4) is 0 Å². The summed E-state index contributed by atoms with van der Waals surface area (Å²) in [7, 11) is 0. The molecule has 96 valence electrons. The van der Waals surface area contributed by atoms with Crippen LogP contribution < -0.4 is 0 Å². The van der Waals surface area contributed by atoms with E-state index in [2.05, 4.69) is 4.98 Å². The van der Waals surface area contributed by atoms with Gasteiger partial charge in [0, 0.05) is 26.2 Å². The molecule has 0 aromatic carbocycles. The van der Waals surface area contributed by atoms with Crippen molar-refractivity contribution in [3.05, 3.63) is 28.0 Å². The van der Waals surface area contributed by atoms with E-state index < -0.39 is 0 Å². The molecule has 2 N–H and O–H groups in total. The van der Waals surface area contributed by atoms with Crippen LogP contribution in [-0.4, -0.2) is 46.4 Å². The van der Waals surface area contributed by atoms with E-state index in [-0.39, 0.29) is 13.2 Å². The van der Waals surface area contributed by atoms with Crippen molar-refractivity contribution < 1.29 is 10.2 Å². The highest BCUT2D eigenvalue weighted by Crippen LogP contribution is 2.16. The number of hydrogen-bond donors (Lipinski definition) is 2. The zero-order chi connectivity index (χ0) is 12.7. The molecule has 0 unspecified atom stereocenters. The third-order valence-corrected chi connectivity index (χ3v) is 2.66. The Balaban J connectivity index is 2.63. The highest BCUT2D eigenvalue weighted by molar-refractivity contribution is 6.32. The van der Waals surface area contributed by atoms with E-state index in [1.165, 1.54) is 0 Å².